The zero-order chi connectivity index (χ0) is 37.4. The molecule has 0 radical (unpaired) electrons. The van der Waals surface area contributed by atoms with Crippen LogP contribution in [0.5, 0.6) is 0 Å². The summed E-state index contributed by atoms with van der Waals surface area (Å²) in [4.78, 5) is 48.9. The maximum absolute atomic E-state index is 13.4. The molecule has 3 aromatic carbocycles. The summed E-state index contributed by atoms with van der Waals surface area (Å²) in [6, 6.07) is 24.4. The second-order valence-corrected chi connectivity index (χ2v) is 16.5. The monoisotopic (exact) mass is 748 g/mol. The van der Waals surface area contributed by atoms with Crippen molar-refractivity contribution in [2.24, 2.45) is 11.3 Å². The van der Waals surface area contributed by atoms with Crippen LogP contribution in [0, 0.1) is 22.7 Å². The van der Waals surface area contributed by atoms with Crippen LogP contribution in [0.15, 0.2) is 66.7 Å². The smallest absolute Gasteiger partial charge is 0.253 e. The Kier molecular flexibility index (Phi) is 10.2. The number of piperidine rings is 2. The molecule has 8 rings (SSSR count). The number of carbonyl (C=O) groups is 3. The second-order valence-electron chi connectivity index (χ2n) is 16.1. The molecule has 5 heterocycles. The van der Waals surface area contributed by atoms with Crippen molar-refractivity contribution in [1.82, 2.24) is 15.1 Å². The van der Waals surface area contributed by atoms with Crippen LogP contribution in [0.2, 0.25) is 5.02 Å². The van der Waals surface area contributed by atoms with Crippen LogP contribution in [-0.4, -0.2) is 105 Å². The van der Waals surface area contributed by atoms with E-state index >= 15 is 0 Å². The van der Waals surface area contributed by atoms with E-state index < -0.39 is 6.04 Å². The summed E-state index contributed by atoms with van der Waals surface area (Å²) in [5, 5.41) is 15.5. The van der Waals surface area contributed by atoms with Gasteiger partial charge in [0.15, 0.2) is 0 Å². The number of halogens is 1. The van der Waals surface area contributed by atoms with Gasteiger partial charge in [0.25, 0.3) is 5.91 Å². The van der Waals surface area contributed by atoms with Gasteiger partial charge in [-0.1, -0.05) is 17.7 Å². The normalized spacial score (nSPS) is 23.3. The molecule has 12 heteroatoms. The van der Waals surface area contributed by atoms with Crippen molar-refractivity contribution in [3.05, 3.63) is 82.9 Å². The number of carbonyl (C=O) groups excluding carboxylic acids is 3. The van der Waals surface area contributed by atoms with E-state index in [2.05, 4.69) is 67.5 Å². The minimum Gasteiger partial charge on any atom is -0.374 e. The number of hydrogen-bond acceptors (Lipinski definition) is 9. The molecule has 5 fully saturated rings. The Morgan fingerprint density at radius 1 is 0.926 bits per heavy atom. The Morgan fingerprint density at radius 2 is 1.65 bits per heavy atom. The zero-order valence-electron chi connectivity index (χ0n) is 31.0. The van der Waals surface area contributed by atoms with E-state index in [0.717, 1.165) is 107 Å². The Labute approximate surface area is 322 Å². The topological polar surface area (TPSA) is 115 Å². The molecule has 3 amide bonds. The highest BCUT2D eigenvalue weighted by atomic mass is 35.5. The fourth-order valence-electron chi connectivity index (χ4n) is 9.27. The van der Waals surface area contributed by atoms with E-state index in [9.17, 15) is 19.6 Å². The number of likely N-dealkylation sites (tertiary alicyclic amines) is 1. The number of anilines is 4. The van der Waals surface area contributed by atoms with Crippen molar-refractivity contribution in [1.29, 1.82) is 5.26 Å². The third kappa shape index (κ3) is 7.59. The molecule has 0 aromatic heterocycles. The predicted molar refractivity (Wildman–Crippen MR) is 212 cm³/mol. The molecule has 11 nitrogen and oxygen atoms in total. The fraction of sp³-hybridized carbons (Fsp3) is 0.476. The first kappa shape index (κ1) is 36.2. The first-order valence-corrected chi connectivity index (χ1v) is 19.8. The van der Waals surface area contributed by atoms with Crippen LogP contribution in [0.4, 0.5) is 22.7 Å². The maximum Gasteiger partial charge on any atom is 0.253 e. The summed E-state index contributed by atoms with van der Waals surface area (Å²) < 4.78 is 0. The van der Waals surface area contributed by atoms with Crippen LogP contribution in [0.3, 0.4) is 0 Å². The lowest BCUT2D eigenvalue weighted by atomic mass is 9.76. The molecule has 1 spiro atoms. The summed E-state index contributed by atoms with van der Waals surface area (Å²) >= 11 is 6.37. The number of imide groups is 1. The maximum atomic E-state index is 13.4. The fourth-order valence-corrected chi connectivity index (χ4v) is 9.48. The van der Waals surface area contributed by atoms with Gasteiger partial charge in [-0.2, -0.15) is 5.26 Å². The molecule has 0 aliphatic carbocycles. The minimum atomic E-state index is -0.394. The molecule has 0 bridgehead atoms. The van der Waals surface area contributed by atoms with E-state index in [0.29, 0.717) is 35.4 Å². The number of nitrogens with one attached hydrogen (secondary N) is 2. The molecule has 2 unspecified atom stereocenters. The summed E-state index contributed by atoms with van der Waals surface area (Å²) in [5.74, 6) is 0.140. The number of amides is 3. The molecule has 5 saturated heterocycles. The number of benzene rings is 3. The van der Waals surface area contributed by atoms with Gasteiger partial charge in [0.2, 0.25) is 11.8 Å². The van der Waals surface area contributed by atoms with Gasteiger partial charge in [0.1, 0.15) is 12.1 Å². The van der Waals surface area contributed by atoms with Crippen molar-refractivity contribution in [3.8, 4) is 6.07 Å². The van der Waals surface area contributed by atoms with Gasteiger partial charge < -0.3 is 24.9 Å². The van der Waals surface area contributed by atoms with E-state index in [1.54, 1.807) is 0 Å². The van der Waals surface area contributed by atoms with Crippen LogP contribution >= 0.6 is 11.6 Å². The lowest BCUT2D eigenvalue weighted by Crippen LogP contribution is -2.56. The molecular weight excluding hydrogens is 700 g/mol. The third-order valence-electron chi connectivity index (χ3n) is 12.4. The SMILES string of the molecule is CC1CC2(CCN(c3ccc(C(=O)N4CC(CN5CCN(c6cccc(NC7CCC(=O)NC7=O)c6)CC5)C4)cc3)CC2)CN1c1ccc(C#N)c(Cl)c1. The number of nitriles is 1. The van der Waals surface area contributed by atoms with E-state index in [4.69, 9.17) is 11.6 Å². The van der Waals surface area contributed by atoms with E-state index in [-0.39, 0.29) is 23.1 Å². The molecule has 5 aliphatic rings. The Hall–Kier alpha value is -4.79. The van der Waals surface area contributed by atoms with Crippen molar-refractivity contribution in [3.63, 3.8) is 0 Å². The lowest BCUT2D eigenvalue weighted by Gasteiger charge is -2.44. The van der Waals surface area contributed by atoms with Gasteiger partial charge >= 0.3 is 0 Å². The zero-order valence-corrected chi connectivity index (χ0v) is 31.7. The molecule has 0 saturated carbocycles. The van der Waals surface area contributed by atoms with Crippen LogP contribution in [0.25, 0.3) is 0 Å². The summed E-state index contributed by atoms with van der Waals surface area (Å²) in [6.07, 6.45) is 4.26. The molecule has 282 valence electrons. The molecule has 3 aromatic rings. The molecular formula is C42H49ClN8O3. The average molecular weight is 749 g/mol. The predicted octanol–water partition coefficient (Wildman–Crippen LogP) is 5.21. The molecule has 2 N–H and O–H groups in total. The first-order chi connectivity index (χ1) is 26.1. The van der Waals surface area contributed by atoms with E-state index in [1.807, 2.05) is 47.4 Å². The van der Waals surface area contributed by atoms with Gasteiger partial charge in [-0.05, 0) is 98.7 Å². The largest absolute Gasteiger partial charge is 0.374 e. The molecule has 2 atom stereocenters. The summed E-state index contributed by atoms with van der Waals surface area (Å²) in [6.45, 7) is 11.7. The van der Waals surface area contributed by atoms with Crippen molar-refractivity contribution in [2.45, 2.75) is 51.1 Å². The number of nitrogens with zero attached hydrogens (tertiary/aromatic N) is 6. The van der Waals surface area contributed by atoms with Crippen molar-refractivity contribution in [2.75, 3.05) is 85.5 Å². The lowest BCUT2D eigenvalue weighted by molar-refractivity contribution is -0.133. The van der Waals surface area contributed by atoms with Gasteiger partial charge in [-0.15, -0.1) is 0 Å². The Morgan fingerprint density at radius 3 is 2.35 bits per heavy atom. The highest BCUT2D eigenvalue weighted by molar-refractivity contribution is 6.32. The van der Waals surface area contributed by atoms with Crippen LogP contribution in [-0.2, 0) is 9.59 Å². The van der Waals surface area contributed by atoms with Crippen molar-refractivity contribution < 1.29 is 14.4 Å². The van der Waals surface area contributed by atoms with Gasteiger partial charge in [0.05, 0.1) is 10.6 Å². The van der Waals surface area contributed by atoms with E-state index in [1.165, 1.54) is 5.69 Å². The Balaban J connectivity index is 0.764. The average Bonchev–Trinajstić information content (AvgIpc) is 3.49. The highest BCUT2D eigenvalue weighted by Gasteiger charge is 2.44. The molecule has 5 aliphatic heterocycles. The number of piperazine rings is 1. The molecule has 54 heavy (non-hydrogen) atoms. The number of rotatable bonds is 8. The number of hydrogen-bond donors (Lipinski definition) is 2. The Bertz CT molecular complexity index is 1930. The van der Waals surface area contributed by atoms with Crippen LogP contribution in [0.1, 0.15) is 54.9 Å². The van der Waals surface area contributed by atoms with Gasteiger partial charge in [-0.25, -0.2) is 0 Å². The van der Waals surface area contributed by atoms with Gasteiger partial charge in [0, 0.05) is 112 Å². The minimum absolute atomic E-state index is 0.119. The summed E-state index contributed by atoms with van der Waals surface area (Å²) in [5.41, 5.74) is 5.85. The first-order valence-electron chi connectivity index (χ1n) is 19.4. The second kappa shape index (κ2) is 15.2. The standard InChI is InChI=1S/C42H49ClN8O3/c1-29-23-42(28-51(29)36-10-7-32(24-44)37(43)22-36)13-15-48(16-14-42)34-8-5-31(6-9-34)41(54)50-26-30(27-50)25-47-17-19-49(20-18-47)35-4-2-3-33(21-35)45-38-11-12-39(52)46-40(38)53/h2-10,21-22,29-30,38,45H,11-20,23,25-28H2,1H3,(H,46,52,53). The summed E-state index contributed by atoms with van der Waals surface area (Å²) in [7, 11) is 0. The third-order valence-corrected chi connectivity index (χ3v) is 12.7. The highest BCUT2D eigenvalue weighted by Crippen LogP contribution is 2.46. The van der Waals surface area contributed by atoms with Crippen LogP contribution < -0.4 is 25.3 Å². The van der Waals surface area contributed by atoms with Gasteiger partial charge in [-0.3, -0.25) is 24.6 Å². The quantitative estimate of drug-likeness (QED) is 0.300. The van der Waals surface area contributed by atoms with Crippen molar-refractivity contribution >= 4 is 52.1 Å².